The summed E-state index contributed by atoms with van der Waals surface area (Å²) >= 11 is 0. The molecule has 2 aliphatic rings. The van der Waals surface area contributed by atoms with Gasteiger partial charge in [0.25, 0.3) is 0 Å². The zero-order chi connectivity index (χ0) is 27.8. The van der Waals surface area contributed by atoms with Crippen LogP contribution in [-0.2, 0) is 11.2 Å². The van der Waals surface area contributed by atoms with E-state index in [1.165, 1.54) is 12.1 Å². The zero-order valence-corrected chi connectivity index (χ0v) is 22.3. The molecule has 204 valence electrons. The van der Waals surface area contributed by atoms with Gasteiger partial charge in [-0.3, -0.25) is 9.69 Å². The number of H-pyrrole nitrogens is 1. The van der Waals surface area contributed by atoms with Crippen molar-refractivity contribution in [2.24, 2.45) is 4.99 Å². The second-order valence-corrected chi connectivity index (χ2v) is 10.4. The predicted octanol–water partition coefficient (Wildman–Crippen LogP) is 3.88. The van der Waals surface area contributed by atoms with Crippen LogP contribution in [0.1, 0.15) is 27.0 Å². The number of aromatic nitrogens is 1. The molecule has 9 nitrogen and oxygen atoms in total. The quantitative estimate of drug-likeness (QED) is 0.322. The molecular formula is C31H31N5O4. The summed E-state index contributed by atoms with van der Waals surface area (Å²) in [6.07, 6.45) is 0.754. The topological polar surface area (TPSA) is 112 Å². The molecule has 0 aliphatic carbocycles. The molecule has 9 heteroatoms. The first kappa shape index (κ1) is 25.8. The van der Waals surface area contributed by atoms with Crippen LogP contribution in [0.25, 0.3) is 10.9 Å². The van der Waals surface area contributed by atoms with Gasteiger partial charge in [-0.15, -0.1) is 0 Å². The van der Waals surface area contributed by atoms with Crippen molar-refractivity contribution >= 4 is 39.9 Å². The maximum Gasteiger partial charge on any atom is 0.335 e. The van der Waals surface area contributed by atoms with Crippen molar-refractivity contribution in [1.29, 1.82) is 0 Å². The number of aromatic carboxylic acids is 1. The van der Waals surface area contributed by atoms with Gasteiger partial charge in [0.1, 0.15) is 0 Å². The SMILES string of the molecule is CN1CCN(CC(=O)N2CCc3cc(N=C(c4ccccc4)c4c(O)[nH]c5cc(C(=O)O)ccc45)ccc32)CC1. The third kappa shape index (κ3) is 4.97. The van der Waals surface area contributed by atoms with Crippen molar-refractivity contribution in [3.63, 3.8) is 0 Å². The number of aliphatic imine (C=N–C) groups is 1. The number of carbonyl (C=O) groups excluding carboxylic acids is 1. The lowest BCUT2D eigenvalue weighted by Crippen LogP contribution is -2.48. The fourth-order valence-electron chi connectivity index (χ4n) is 5.55. The molecule has 0 unspecified atom stereocenters. The Hall–Kier alpha value is -4.47. The van der Waals surface area contributed by atoms with Crippen LogP contribution in [0.15, 0.2) is 71.7 Å². The first-order valence-corrected chi connectivity index (χ1v) is 13.4. The third-order valence-electron chi connectivity index (χ3n) is 7.77. The second kappa shape index (κ2) is 10.6. The van der Waals surface area contributed by atoms with Crippen LogP contribution < -0.4 is 4.90 Å². The Bertz CT molecular complexity index is 1620. The lowest BCUT2D eigenvalue weighted by molar-refractivity contribution is -0.120. The van der Waals surface area contributed by atoms with E-state index in [1.807, 2.05) is 53.4 Å². The summed E-state index contributed by atoms with van der Waals surface area (Å²) in [6.45, 7) is 4.82. The monoisotopic (exact) mass is 537 g/mol. The van der Waals surface area contributed by atoms with Gasteiger partial charge in [-0.1, -0.05) is 36.4 Å². The van der Waals surface area contributed by atoms with Crippen molar-refractivity contribution in [3.8, 4) is 5.88 Å². The highest BCUT2D eigenvalue weighted by atomic mass is 16.4. The average molecular weight is 538 g/mol. The van der Waals surface area contributed by atoms with Crippen molar-refractivity contribution in [2.45, 2.75) is 6.42 Å². The molecule has 1 amide bonds. The molecule has 4 aromatic rings. The molecular weight excluding hydrogens is 506 g/mol. The first-order chi connectivity index (χ1) is 19.4. The van der Waals surface area contributed by atoms with E-state index < -0.39 is 5.97 Å². The highest BCUT2D eigenvalue weighted by molar-refractivity contribution is 6.22. The standard InChI is InChI=1S/C31H31N5O4/c1-34-13-15-35(16-14-34)19-27(37)36-12-11-21-17-23(8-10-26(21)36)32-29(20-5-3-2-4-6-20)28-24-9-7-22(31(39)40)18-25(24)33-30(28)38/h2-10,17-18,33,38H,11-16,19H2,1H3,(H,39,40). The molecule has 1 saturated heterocycles. The minimum atomic E-state index is -1.04. The number of fused-ring (bicyclic) bond motifs is 2. The zero-order valence-electron chi connectivity index (χ0n) is 22.3. The summed E-state index contributed by atoms with van der Waals surface area (Å²) in [5.41, 5.74) is 5.22. The van der Waals surface area contributed by atoms with Gasteiger partial charge in [-0.05, 0) is 49.4 Å². The number of rotatable bonds is 6. The number of aromatic amines is 1. The molecule has 40 heavy (non-hydrogen) atoms. The maximum absolute atomic E-state index is 13.2. The number of carboxylic acid groups (broad SMARTS) is 1. The Morgan fingerprint density at radius 2 is 1.70 bits per heavy atom. The van der Waals surface area contributed by atoms with Crippen molar-refractivity contribution in [3.05, 3.63) is 89.0 Å². The minimum absolute atomic E-state index is 0.0815. The van der Waals surface area contributed by atoms with E-state index in [2.05, 4.69) is 21.8 Å². The van der Waals surface area contributed by atoms with Gasteiger partial charge >= 0.3 is 5.97 Å². The highest BCUT2D eigenvalue weighted by Gasteiger charge is 2.27. The van der Waals surface area contributed by atoms with E-state index in [1.54, 1.807) is 6.07 Å². The molecule has 3 heterocycles. The predicted molar refractivity (Wildman–Crippen MR) is 155 cm³/mol. The number of aromatic hydroxyl groups is 1. The summed E-state index contributed by atoms with van der Waals surface area (Å²) in [6, 6.07) is 20.2. The Labute approximate surface area is 232 Å². The molecule has 2 aliphatic heterocycles. The van der Waals surface area contributed by atoms with Gasteiger partial charge < -0.3 is 25.0 Å². The molecule has 1 fully saturated rings. The largest absolute Gasteiger partial charge is 0.494 e. The molecule has 1 aromatic heterocycles. The van der Waals surface area contributed by atoms with Gasteiger partial charge in [0, 0.05) is 54.9 Å². The van der Waals surface area contributed by atoms with Gasteiger partial charge in [-0.2, -0.15) is 0 Å². The maximum atomic E-state index is 13.2. The summed E-state index contributed by atoms with van der Waals surface area (Å²) in [4.78, 5) is 38.9. The number of carbonyl (C=O) groups is 2. The summed E-state index contributed by atoms with van der Waals surface area (Å²) in [7, 11) is 2.11. The second-order valence-electron chi connectivity index (χ2n) is 10.4. The van der Waals surface area contributed by atoms with Crippen LogP contribution in [0.2, 0.25) is 0 Å². The van der Waals surface area contributed by atoms with E-state index in [-0.39, 0.29) is 17.4 Å². The van der Waals surface area contributed by atoms with Crippen molar-refractivity contribution in [2.75, 3.05) is 51.2 Å². The molecule has 0 saturated carbocycles. The number of hydrogen-bond acceptors (Lipinski definition) is 6. The summed E-state index contributed by atoms with van der Waals surface area (Å²) in [5, 5.41) is 21.0. The van der Waals surface area contributed by atoms with E-state index in [4.69, 9.17) is 4.99 Å². The fraction of sp³-hybridized carbons (Fsp3) is 0.258. The van der Waals surface area contributed by atoms with E-state index in [9.17, 15) is 19.8 Å². The Kier molecular flexibility index (Phi) is 6.83. The first-order valence-electron chi connectivity index (χ1n) is 13.4. The van der Waals surface area contributed by atoms with Gasteiger partial charge in [-0.25, -0.2) is 9.79 Å². The average Bonchev–Trinajstić information content (AvgIpc) is 3.53. The third-order valence-corrected chi connectivity index (χ3v) is 7.77. The van der Waals surface area contributed by atoms with Crippen LogP contribution in [0.3, 0.4) is 0 Å². The normalized spacial score (nSPS) is 16.4. The number of amides is 1. The van der Waals surface area contributed by atoms with Crippen LogP contribution in [0, 0.1) is 0 Å². The molecule has 3 N–H and O–H groups in total. The Morgan fingerprint density at radius 1 is 0.925 bits per heavy atom. The molecule has 0 atom stereocenters. The molecule has 3 aromatic carbocycles. The lowest BCUT2D eigenvalue weighted by atomic mass is 10.00. The number of anilines is 1. The van der Waals surface area contributed by atoms with Crippen LogP contribution >= 0.6 is 0 Å². The number of nitrogens with zero attached hydrogens (tertiary/aromatic N) is 4. The number of hydrogen-bond donors (Lipinski definition) is 3. The molecule has 0 spiro atoms. The van der Waals surface area contributed by atoms with Gasteiger partial charge in [0.05, 0.1) is 29.1 Å². The number of piperazine rings is 1. The van der Waals surface area contributed by atoms with Crippen LogP contribution in [0.5, 0.6) is 5.88 Å². The van der Waals surface area contributed by atoms with Gasteiger partial charge in [0.15, 0.2) is 5.88 Å². The molecule has 0 radical (unpaired) electrons. The minimum Gasteiger partial charge on any atom is -0.494 e. The number of likely N-dealkylation sites (N-methyl/N-ethyl adjacent to an activating group) is 1. The van der Waals surface area contributed by atoms with Crippen LogP contribution in [0.4, 0.5) is 11.4 Å². The number of benzene rings is 3. The number of nitrogens with one attached hydrogen (secondary N) is 1. The van der Waals surface area contributed by atoms with E-state index >= 15 is 0 Å². The smallest absolute Gasteiger partial charge is 0.335 e. The highest BCUT2D eigenvalue weighted by Crippen LogP contribution is 2.35. The van der Waals surface area contributed by atoms with Gasteiger partial charge in [0.2, 0.25) is 5.91 Å². The Balaban J connectivity index is 1.34. The summed E-state index contributed by atoms with van der Waals surface area (Å²) in [5.74, 6) is -1.00. The Morgan fingerprint density at radius 3 is 2.45 bits per heavy atom. The van der Waals surface area contributed by atoms with Crippen molar-refractivity contribution < 1.29 is 19.8 Å². The fourth-order valence-corrected chi connectivity index (χ4v) is 5.55. The van der Waals surface area contributed by atoms with Crippen molar-refractivity contribution in [1.82, 2.24) is 14.8 Å². The van der Waals surface area contributed by atoms with Crippen LogP contribution in [-0.4, -0.2) is 88.9 Å². The van der Waals surface area contributed by atoms with E-state index in [0.29, 0.717) is 41.0 Å². The molecule has 6 rings (SSSR count). The van der Waals surface area contributed by atoms with E-state index in [0.717, 1.165) is 49.4 Å². The lowest BCUT2D eigenvalue weighted by Gasteiger charge is -2.32. The summed E-state index contributed by atoms with van der Waals surface area (Å²) < 4.78 is 0. The number of carboxylic acids is 1. The molecule has 0 bridgehead atoms.